The second kappa shape index (κ2) is 5.17. The van der Waals surface area contributed by atoms with Gasteiger partial charge in [-0.05, 0) is 24.4 Å². The van der Waals surface area contributed by atoms with Gasteiger partial charge in [-0.25, -0.2) is 0 Å². The van der Waals surface area contributed by atoms with Crippen molar-refractivity contribution in [1.29, 1.82) is 0 Å². The van der Waals surface area contributed by atoms with Crippen molar-refractivity contribution in [1.82, 2.24) is 0 Å². The monoisotopic (exact) mass is 268 g/mol. The van der Waals surface area contributed by atoms with Crippen LogP contribution in [0.25, 0.3) is 0 Å². The molecule has 0 amide bonds. The van der Waals surface area contributed by atoms with E-state index in [0.717, 1.165) is 12.1 Å². The van der Waals surface area contributed by atoms with Gasteiger partial charge in [-0.1, -0.05) is 6.07 Å². The Kier molecular flexibility index (Phi) is 4.11. The fourth-order valence-electron chi connectivity index (χ4n) is 0.981. The Morgan fingerprint density at radius 2 is 2.06 bits per heavy atom. The number of thiocarbonyl (C=S) groups is 1. The van der Waals surface area contributed by atoms with Crippen LogP contribution in [0.15, 0.2) is 24.3 Å². The number of nitrogens with one attached hydrogen (secondary N) is 1. The molecule has 0 aliphatic carbocycles. The molecule has 1 aromatic rings. The van der Waals surface area contributed by atoms with E-state index in [4.69, 9.17) is 5.73 Å². The molecule has 3 nitrogen and oxygen atoms in total. The smallest absolute Gasteiger partial charge is 0.428 e. The average molecular weight is 268 g/mol. The van der Waals surface area contributed by atoms with Crippen LogP contribution in [0.1, 0.15) is 0 Å². The van der Waals surface area contributed by atoms with Gasteiger partial charge in [-0.2, -0.15) is 17.6 Å². The highest BCUT2D eigenvalue weighted by atomic mass is 32.1. The van der Waals surface area contributed by atoms with Gasteiger partial charge in [-0.15, -0.1) is 0 Å². The predicted molar refractivity (Wildman–Crippen MR) is 58.4 cm³/mol. The van der Waals surface area contributed by atoms with E-state index in [0.29, 0.717) is 0 Å². The first-order valence-electron chi connectivity index (χ1n) is 4.33. The highest BCUT2D eigenvalue weighted by Crippen LogP contribution is 2.28. The van der Waals surface area contributed by atoms with Crippen molar-refractivity contribution in [2.24, 2.45) is 5.73 Å². The van der Waals surface area contributed by atoms with Crippen LogP contribution in [0.2, 0.25) is 0 Å². The predicted octanol–water partition coefficient (Wildman–Crippen LogP) is 2.58. The average Bonchev–Trinajstić information content (AvgIpc) is 2.15. The van der Waals surface area contributed by atoms with Crippen LogP contribution in [0.4, 0.5) is 23.2 Å². The maximum Gasteiger partial charge on any atom is 0.461 e. The van der Waals surface area contributed by atoms with Gasteiger partial charge in [0.25, 0.3) is 0 Å². The van der Waals surface area contributed by atoms with E-state index in [1.807, 2.05) is 0 Å². The Hall–Kier alpha value is -1.57. The van der Waals surface area contributed by atoms with Gasteiger partial charge in [0.15, 0.2) is 5.11 Å². The summed E-state index contributed by atoms with van der Waals surface area (Å²) in [7, 11) is 0. The molecule has 1 aromatic carbocycles. The summed E-state index contributed by atoms with van der Waals surface area (Å²) in [4.78, 5) is 0. The van der Waals surface area contributed by atoms with Crippen molar-refractivity contribution < 1.29 is 22.3 Å². The van der Waals surface area contributed by atoms with Crippen molar-refractivity contribution in [2.45, 2.75) is 12.5 Å². The van der Waals surface area contributed by atoms with Crippen molar-refractivity contribution in [2.75, 3.05) is 5.32 Å². The van der Waals surface area contributed by atoms with E-state index < -0.39 is 18.3 Å². The minimum Gasteiger partial charge on any atom is -0.428 e. The summed E-state index contributed by atoms with van der Waals surface area (Å²) >= 11 is 4.53. The summed E-state index contributed by atoms with van der Waals surface area (Å²) in [5.74, 6) is -0.420. The molecule has 0 unspecified atom stereocenters. The molecular weight excluding hydrogens is 260 g/mol. The van der Waals surface area contributed by atoms with Crippen LogP contribution in [0, 0.1) is 0 Å². The summed E-state index contributed by atoms with van der Waals surface area (Å²) in [5, 5.41) is 2.38. The lowest BCUT2D eigenvalue weighted by Gasteiger charge is -2.17. The number of nitrogens with two attached hydrogens (primary N) is 1. The summed E-state index contributed by atoms with van der Waals surface area (Å²) in [6.45, 7) is 0. The van der Waals surface area contributed by atoms with E-state index in [9.17, 15) is 17.6 Å². The fourth-order valence-corrected chi connectivity index (χ4v) is 1.10. The lowest BCUT2D eigenvalue weighted by molar-refractivity contribution is -0.253. The number of ether oxygens (including phenoxy) is 1. The van der Waals surface area contributed by atoms with Crippen LogP contribution >= 0.6 is 12.2 Å². The normalized spacial score (nSPS) is 11.4. The summed E-state index contributed by atoms with van der Waals surface area (Å²) < 4.78 is 52.8. The first kappa shape index (κ1) is 13.5. The molecule has 8 heteroatoms. The number of rotatable bonds is 4. The van der Waals surface area contributed by atoms with Gasteiger partial charge in [-0.3, -0.25) is 0 Å². The van der Waals surface area contributed by atoms with E-state index in [-0.39, 0.29) is 10.8 Å². The largest absolute Gasteiger partial charge is 0.461 e. The topological polar surface area (TPSA) is 47.3 Å². The third kappa shape index (κ3) is 4.06. The third-order valence-corrected chi connectivity index (χ3v) is 1.71. The van der Waals surface area contributed by atoms with Gasteiger partial charge in [0, 0.05) is 11.8 Å². The van der Waals surface area contributed by atoms with Gasteiger partial charge in [0.2, 0.25) is 0 Å². The van der Waals surface area contributed by atoms with E-state index in [1.165, 1.54) is 12.1 Å². The Balaban J connectivity index is 2.82. The lowest BCUT2D eigenvalue weighted by atomic mass is 10.3. The molecule has 0 fully saturated rings. The Morgan fingerprint density at radius 1 is 1.41 bits per heavy atom. The minimum absolute atomic E-state index is 0.0808. The minimum atomic E-state index is -4.54. The van der Waals surface area contributed by atoms with Gasteiger partial charge < -0.3 is 15.8 Å². The van der Waals surface area contributed by atoms with Gasteiger partial charge in [0.1, 0.15) is 5.75 Å². The first-order valence-corrected chi connectivity index (χ1v) is 4.73. The molecule has 0 radical (unpaired) electrons. The second-order valence-electron chi connectivity index (χ2n) is 2.98. The fraction of sp³-hybridized carbons (Fsp3) is 0.222. The maximum absolute atomic E-state index is 12.6. The number of anilines is 1. The number of hydrogen-bond acceptors (Lipinski definition) is 2. The van der Waals surface area contributed by atoms with Crippen LogP contribution < -0.4 is 15.8 Å². The number of alkyl halides is 4. The Labute approximate surface area is 99.6 Å². The summed E-state index contributed by atoms with van der Waals surface area (Å²) in [6, 6.07) is 4.99. The zero-order valence-corrected chi connectivity index (χ0v) is 9.11. The molecule has 0 saturated carbocycles. The highest BCUT2D eigenvalue weighted by Gasteiger charge is 2.43. The molecule has 0 aliphatic heterocycles. The Bertz CT molecular complexity index is 414. The van der Waals surface area contributed by atoms with Crippen LogP contribution in [-0.4, -0.2) is 17.6 Å². The molecule has 94 valence electrons. The van der Waals surface area contributed by atoms with Crippen molar-refractivity contribution in [3.63, 3.8) is 0 Å². The molecule has 0 bridgehead atoms. The second-order valence-corrected chi connectivity index (χ2v) is 3.42. The number of benzene rings is 1. The van der Waals surface area contributed by atoms with E-state index in [1.54, 1.807) is 0 Å². The lowest BCUT2D eigenvalue weighted by Crippen LogP contribution is -2.33. The molecule has 1 rings (SSSR count). The molecule has 0 heterocycles. The summed E-state index contributed by atoms with van der Waals surface area (Å²) in [5.41, 5.74) is 5.43. The van der Waals surface area contributed by atoms with E-state index >= 15 is 0 Å². The molecule has 0 spiro atoms. The molecular formula is C9H8F4N2OS. The molecule has 0 atom stereocenters. The zero-order valence-electron chi connectivity index (χ0n) is 8.29. The van der Waals surface area contributed by atoms with Crippen molar-refractivity contribution in [3.05, 3.63) is 24.3 Å². The van der Waals surface area contributed by atoms with Gasteiger partial charge >= 0.3 is 12.5 Å². The highest BCUT2D eigenvalue weighted by molar-refractivity contribution is 7.80. The van der Waals surface area contributed by atoms with Crippen LogP contribution in [0.3, 0.4) is 0 Å². The van der Waals surface area contributed by atoms with Crippen molar-refractivity contribution >= 4 is 23.0 Å². The van der Waals surface area contributed by atoms with Crippen LogP contribution in [0.5, 0.6) is 5.75 Å². The third-order valence-electron chi connectivity index (χ3n) is 1.61. The molecule has 3 N–H and O–H groups in total. The van der Waals surface area contributed by atoms with Gasteiger partial charge in [0.05, 0.1) is 0 Å². The standard InChI is InChI=1S/C9H8F4N2OS/c10-7(11)9(12,13)16-6-3-1-2-5(4-6)15-8(14)17/h1-4,7H,(H3,14,15,17). The molecule has 0 saturated heterocycles. The van der Waals surface area contributed by atoms with Crippen LogP contribution in [-0.2, 0) is 0 Å². The number of hydrogen-bond donors (Lipinski definition) is 2. The summed E-state index contributed by atoms with van der Waals surface area (Å²) in [6.07, 6.45) is -8.45. The molecule has 17 heavy (non-hydrogen) atoms. The molecule has 0 aromatic heterocycles. The quantitative estimate of drug-likeness (QED) is 0.651. The van der Waals surface area contributed by atoms with Crippen molar-refractivity contribution in [3.8, 4) is 5.75 Å². The SMILES string of the molecule is NC(=S)Nc1cccc(OC(F)(F)C(F)F)c1. The van der Waals surface area contributed by atoms with E-state index in [2.05, 4.69) is 22.3 Å². The Morgan fingerprint density at radius 3 is 2.59 bits per heavy atom. The maximum atomic E-state index is 12.6. The zero-order chi connectivity index (χ0) is 13.1. The number of halogens is 4. The first-order chi connectivity index (χ1) is 7.81. The molecule has 0 aliphatic rings.